The zero-order valence-electron chi connectivity index (χ0n) is 7.35. The number of fused-ring (bicyclic) bond motifs is 1. The number of benzene rings is 1. The quantitative estimate of drug-likeness (QED) is 0.810. The number of hydrogen-bond donors (Lipinski definition) is 1. The van der Waals surface area contributed by atoms with Gasteiger partial charge in [-0.2, -0.15) is 0 Å². The highest BCUT2D eigenvalue weighted by Crippen LogP contribution is 2.37. The largest absolute Gasteiger partial charge is 0.467 e. The SMILES string of the molecule is NCc1c(Cl)c(Cl)cc2c1OCOC2. The van der Waals surface area contributed by atoms with E-state index in [1.54, 1.807) is 6.07 Å². The van der Waals surface area contributed by atoms with Crippen LogP contribution in [-0.4, -0.2) is 6.79 Å². The standard InChI is InChI=1S/C9H9Cl2NO2/c10-7-1-5-3-13-4-14-9(5)6(2-12)8(7)11/h1H,2-4,12H2. The van der Waals surface area contributed by atoms with Crippen LogP contribution in [0.5, 0.6) is 5.75 Å². The molecule has 0 bridgehead atoms. The van der Waals surface area contributed by atoms with Gasteiger partial charge in [-0.15, -0.1) is 0 Å². The average molecular weight is 234 g/mol. The van der Waals surface area contributed by atoms with Gasteiger partial charge < -0.3 is 15.2 Å². The normalized spacial score (nSPS) is 14.8. The van der Waals surface area contributed by atoms with Crippen molar-refractivity contribution in [2.75, 3.05) is 6.79 Å². The molecule has 3 nitrogen and oxygen atoms in total. The van der Waals surface area contributed by atoms with Gasteiger partial charge in [0.15, 0.2) is 6.79 Å². The predicted octanol–water partition coefficient (Wildman–Crippen LogP) is 2.32. The lowest BCUT2D eigenvalue weighted by atomic mass is 10.1. The Morgan fingerprint density at radius 3 is 2.93 bits per heavy atom. The molecule has 76 valence electrons. The van der Waals surface area contributed by atoms with E-state index in [0.29, 0.717) is 28.9 Å². The smallest absolute Gasteiger partial charge is 0.189 e. The lowest BCUT2D eigenvalue weighted by molar-refractivity contribution is -0.0170. The van der Waals surface area contributed by atoms with Crippen molar-refractivity contribution in [3.63, 3.8) is 0 Å². The van der Waals surface area contributed by atoms with Gasteiger partial charge in [0, 0.05) is 17.7 Å². The van der Waals surface area contributed by atoms with E-state index in [9.17, 15) is 0 Å². The summed E-state index contributed by atoms with van der Waals surface area (Å²) in [5, 5.41) is 0.954. The molecule has 14 heavy (non-hydrogen) atoms. The summed E-state index contributed by atoms with van der Waals surface area (Å²) in [5.41, 5.74) is 7.22. The first kappa shape index (κ1) is 10.1. The second kappa shape index (κ2) is 3.95. The first-order valence-corrected chi connectivity index (χ1v) is 4.90. The maximum absolute atomic E-state index is 6.00. The Labute approximate surface area is 91.7 Å². The first-order valence-electron chi connectivity index (χ1n) is 4.14. The van der Waals surface area contributed by atoms with Crippen molar-refractivity contribution in [1.29, 1.82) is 0 Å². The van der Waals surface area contributed by atoms with Crippen LogP contribution in [0.15, 0.2) is 6.07 Å². The molecule has 2 N–H and O–H groups in total. The van der Waals surface area contributed by atoms with Gasteiger partial charge >= 0.3 is 0 Å². The van der Waals surface area contributed by atoms with Crippen LogP contribution >= 0.6 is 23.2 Å². The van der Waals surface area contributed by atoms with Crippen molar-refractivity contribution in [2.45, 2.75) is 13.2 Å². The van der Waals surface area contributed by atoms with E-state index in [1.165, 1.54) is 0 Å². The summed E-state index contributed by atoms with van der Waals surface area (Å²) < 4.78 is 10.5. The topological polar surface area (TPSA) is 44.5 Å². The first-order chi connectivity index (χ1) is 6.74. The molecular weight excluding hydrogens is 225 g/mol. The molecule has 0 aliphatic carbocycles. The molecule has 0 amide bonds. The molecule has 0 aromatic heterocycles. The third-order valence-electron chi connectivity index (χ3n) is 2.09. The van der Waals surface area contributed by atoms with Crippen LogP contribution in [0.2, 0.25) is 10.0 Å². The molecule has 0 unspecified atom stereocenters. The Bertz CT molecular complexity index is 368. The van der Waals surface area contributed by atoms with E-state index in [0.717, 1.165) is 11.1 Å². The summed E-state index contributed by atoms with van der Waals surface area (Å²) in [6.07, 6.45) is 0. The van der Waals surface area contributed by atoms with E-state index < -0.39 is 0 Å². The van der Waals surface area contributed by atoms with Crippen molar-refractivity contribution in [2.24, 2.45) is 5.73 Å². The van der Waals surface area contributed by atoms with E-state index >= 15 is 0 Å². The minimum Gasteiger partial charge on any atom is -0.467 e. The summed E-state index contributed by atoms with van der Waals surface area (Å²) >= 11 is 11.9. The highest BCUT2D eigenvalue weighted by Gasteiger charge is 2.19. The number of ether oxygens (including phenoxy) is 2. The van der Waals surface area contributed by atoms with Crippen molar-refractivity contribution in [3.8, 4) is 5.75 Å². The molecule has 1 heterocycles. The molecule has 5 heteroatoms. The molecule has 0 saturated carbocycles. The molecule has 0 atom stereocenters. The number of halogens is 2. The van der Waals surface area contributed by atoms with Crippen LogP contribution < -0.4 is 10.5 Å². The Hall–Kier alpha value is -0.480. The highest BCUT2D eigenvalue weighted by atomic mass is 35.5. The highest BCUT2D eigenvalue weighted by molar-refractivity contribution is 6.42. The third-order valence-corrected chi connectivity index (χ3v) is 2.92. The van der Waals surface area contributed by atoms with Crippen molar-refractivity contribution < 1.29 is 9.47 Å². The van der Waals surface area contributed by atoms with Gasteiger partial charge in [0.2, 0.25) is 0 Å². The molecule has 0 radical (unpaired) electrons. The molecule has 0 spiro atoms. The molecule has 0 saturated heterocycles. The predicted molar refractivity (Wildman–Crippen MR) is 54.6 cm³/mol. The fourth-order valence-electron chi connectivity index (χ4n) is 1.44. The zero-order valence-corrected chi connectivity index (χ0v) is 8.86. The zero-order chi connectivity index (χ0) is 10.1. The van der Waals surface area contributed by atoms with E-state index in [-0.39, 0.29) is 6.79 Å². The van der Waals surface area contributed by atoms with Crippen LogP contribution in [-0.2, 0) is 17.9 Å². The van der Waals surface area contributed by atoms with Crippen LogP contribution in [0.3, 0.4) is 0 Å². The maximum Gasteiger partial charge on any atom is 0.189 e. The molecule has 0 fully saturated rings. The Kier molecular flexibility index (Phi) is 2.83. The Morgan fingerprint density at radius 2 is 2.21 bits per heavy atom. The fourth-order valence-corrected chi connectivity index (χ4v) is 1.90. The molecule has 1 aromatic carbocycles. The summed E-state index contributed by atoms with van der Waals surface area (Å²) in [6, 6.07) is 1.75. The minimum absolute atomic E-state index is 0.234. The molecule has 2 rings (SSSR count). The second-order valence-corrected chi connectivity index (χ2v) is 3.74. The van der Waals surface area contributed by atoms with E-state index in [2.05, 4.69) is 0 Å². The number of nitrogens with two attached hydrogens (primary N) is 1. The Balaban J connectivity index is 2.60. The number of hydrogen-bond acceptors (Lipinski definition) is 3. The lowest BCUT2D eigenvalue weighted by Gasteiger charge is -2.21. The van der Waals surface area contributed by atoms with Gasteiger partial charge in [-0.1, -0.05) is 23.2 Å². The Morgan fingerprint density at radius 1 is 1.43 bits per heavy atom. The van der Waals surface area contributed by atoms with Crippen molar-refractivity contribution in [3.05, 3.63) is 27.2 Å². The van der Waals surface area contributed by atoms with E-state index in [1.807, 2.05) is 0 Å². The van der Waals surface area contributed by atoms with Gasteiger partial charge in [0.1, 0.15) is 5.75 Å². The van der Waals surface area contributed by atoms with Crippen LogP contribution in [0.4, 0.5) is 0 Å². The molecule has 1 aliphatic rings. The lowest BCUT2D eigenvalue weighted by Crippen LogP contribution is -2.14. The molecule has 1 aromatic rings. The van der Waals surface area contributed by atoms with Crippen molar-refractivity contribution >= 4 is 23.2 Å². The van der Waals surface area contributed by atoms with Crippen molar-refractivity contribution in [1.82, 2.24) is 0 Å². The summed E-state index contributed by atoms with van der Waals surface area (Å²) in [7, 11) is 0. The van der Waals surface area contributed by atoms with Crippen LogP contribution in [0, 0.1) is 0 Å². The average Bonchev–Trinajstić information content (AvgIpc) is 2.20. The fraction of sp³-hybridized carbons (Fsp3) is 0.333. The summed E-state index contributed by atoms with van der Waals surface area (Å²) in [5.74, 6) is 0.716. The van der Waals surface area contributed by atoms with Gasteiger partial charge in [0.05, 0.1) is 16.7 Å². The van der Waals surface area contributed by atoms with E-state index in [4.69, 9.17) is 38.4 Å². The summed E-state index contributed by atoms with van der Waals surface area (Å²) in [6.45, 7) is 1.03. The maximum atomic E-state index is 6.00. The van der Waals surface area contributed by atoms with Gasteiger partial charge in [-0.05, 0) is 6.07 Å². The van der Waals surface area contributed by atoms with Gasteiger partial charge in [-0.3, -0.25) is 0 Å². The van der Waals surface area contributed by atoms with Crippen LogP contribution in [0.25, 0.3) is 0 Å². The van der Waals surface area contributed by atoms with Gasteiger partial charge in [0.25, 0.3) is 0 Å². The molecule has 1 aliphatic heterocycles. The molecular formula is C9H9Cl2NO2. The summed E-state index contributed by atoms with van der Waals surface area (Å²) in [4.78, 5) is 0. The monoisotopic (exact) mass is 233 g/mol. The van der Waals surface area contributed by atoms with Crippen LogP contribution in [0.1, 0.15) is 11.1 Å². The number of rotatable bonds is 1. The third kappa shape index (κ3) is 1.57. The van der Waals surface area contributed by atoms with Gasteiger partial charge in [-0.25, -0.2) is 0 Å². The minimum atomic E-state index is 0.234. The second-order valence-electron chi connectivity index (χ2n) is 2.95.